The molecule has 0 aliphatic carbocycles. The van der Waals surface area contributed by atoms with E-state index in [2.05, 4.69) is 54.0 Å². The minimum atomic E-state index is -0.0987. The molecule has 33 heavy (non-hydrogen) atoms. The lowest BCUT2D eigenvalue weighted by Gasteiger charge is -2.33. The molecule has 1 atom stereocenters. The topological polar surface area (TPSA) is 56.0 Å². The van der Waals surface area contributed by atoms with E-state index in [0.717, 1.165) is 28.7 Å². The van der Waals surface area contributed by atoms with E-state index in [4.69, 9.17) is 5.10 Å². The van der Waals surface area contributed by atoms with Crippen molar-refractivity contribution in [3.05, 3.63) is 83.8 Å². The third-order valence-electron chi connectivity index (χ3n) is 6.91. The SMILES string of the molecule is CC1c2nn(C)c(-c3cccc4ccn(C)c34)c2CCN1C(=O)c1ccc2ncccc2c1. The van der Waals surface area contributed by atoms with Crippen LogP contribution in [-0.2, 0) is 20.5 Å². The van der Waals surface area contributed by atoms with Crippen molar-refractivity contribution in [1.82, 2.24) is 24.2 Å². The first-order valence-electron chi connectivity index (χ1n) is 11.3. The standard InChI is InChI=1S/C27H25N5O/c1-17-24-21(26(31(3)29-24)22-8-4-6-18-11-14-30(2)25(18)22)12-15-32(17)27(33)20-9-10-23-19(16-20)7-5-13-28-23/h4-11,13-14,16-17H,12,15H2,1-3H3. The molecule has 1 amide bonds. The molecule has 0 radical (unpaired) electrons. The number of pyridine rings is 1. The highest BCUT2D eigenvalue weighted by atomic mass is 16.2. The van der Waals surface area contributed by atoms with Crippen LogP contribution in [0.15, 0.2) is 67.0 Å². The second-order valence-electron chi connectivity index (χ2n) is 8.84. The van der Waals surface area contributed by atoms with Crippen molar-refractivity contribution in [3.8, 4) is 11.3 Å². The maximum Gasteiger partial charge on any atom is 0.254 e. The van der Waals surface area contributed by atoms with Gasteiger partial charge in [0.2, 0.25) is 0 Å². The smallest absolute Gasteiger partial charge is 0.254 e. The van der Waals surface area contributed by atoms with Gasteiger partial charge in [-0.25, -0.2) is 0 Å². The molecule has 0 fully saturated rings. The summed E-state index contributed by atoms with van der Waals surface area (Å²) in [6, 6.07) is 18.1. The highest BCUT2D eigenvalue weighted by molar-refractivity contribution is 5.98. The Morgan fingerprint density at radius 1 is 1.03 bits per heavy atom. The lowest BCUT2D eigenvalue weighted by atomic mass is 9.94. The zero-order valence-corrected chi connectivity index (χ0v) is 19.0. The zero-order chi connectivity index (χ0) is 22.7. The number of rotatable bonds is 2. The number of aryl methyl sites for hydroxylation is 2. The summed E-state index contributed by atoms with van der Waals surface area (Å²) in [4.78, 5) is 19.8. The Bertz CT molecular complexity index is 1540. The van der Waals surface area contributed by atoms with Crippen molar-refractivity contribution in [2.24, 2.45) is 14.1 Å². The molecule has 6 heteroatoms. The van der Waals surface area contributed by atoms with Crippen LogP contribution in [0.25, 0.3) is 33.1 Å². The molecule has 1 unspecified atom stereocenters. The Morgan fingerprint density at radius 3 is 2.76 bits per heavy atom. The fraction of sp³-hybridized carbons (Fsp3) is 0.222. The van der Waals surface area contributed by atoms with Crippen molar-refractivity contribution in [2.45, 2.75) is 19.4 Å². The summed E-state index contributed by atoms with van der Waals surface area (Å²) >= 11 is 0. The van der Waals surface area contributed by atoms with Crippen LogP contribution in [0.4, 0.5) is 0 Å². The largest absolute Gasteiger partial charge is 0.350 e. The van der Waals surface area contributed by atoms with Gasteiger partial charge in [-0.15, -0.1) is 0 Å². The van der Waals surface area contributed by atoms with Gasteiger partial charge in [-0.1, -0.05) is 24.3 Å². The number of hydrogen-bond donors (Lipinski definition) is 0. The summed E-state index contributed by atoms with van der Waals surface area (Å²) in [7, 11) is 4.08. The number of nitrogens with zero attached hydrogens (tertiary/aromatic N) is 5. The van der Waals surface area contributed by atoms with Crippen LogP contribution in [0.5, 0.6) is 0 Å². The minimum Gasteiger partial charge on any atom is -0.350 e. The van der Waals surface area contributed by atoms with Gasteiger partial charge in [0, 0.05) is 60.5 Å². The Kier molecular flexibility index (Phi) is 4.37. The number of amides is 1. The van der Waals surface area contributed by atoms with Crippen LogP contribution in [0.1, 0.15) is 34.6 Å². The quantitative estimate of drug-likeness (QED) is 0.397. The zero-order valence-electron chi connectivity index (χ0n) is 19.0. The average molecular weight is 436 g/mol. The van der Waals surface area contributed by atoms with Crippen LogP contribution < -0.4 is 0 Å². The Hall–Kier alpha value is -3.93. The summed E-state index contributed by atoms with van der Waals surface area (Å²) in [6.45, 7) is 2.75. The molecule has 5 aromatic rings. The molecule has 0 bridgehead atoms. The number of aromatic nitrogens is 4. The molecule has 0 spiro atoms. The van der Waals surface area contributed by atoms with Crippen LogP contribution in [0.3, 0.4) is 0 Å². The molecule has 6 nitrogen and oxygen atoms in total. The molecule has 0 saturated heterocycles. The van der Waals surface area contributed by atoms with Crippen LogP contribution in [-0.4, -0.2) is 36.7 Å². The van der Waals surface area contributed by atoms with Gasteiger partial charge in [-0.2, -0.15) is 5.10 Å². The van der Waals surface area contributed by atoms with Gasteiger partial charge >= 0.3 is 0 Å². The third kappa shape index (κ3) is 2.98. The molecule has 0 N–H and O–H groups in total. The molecule has 2 aromatic carbocycles. The number of fused-ring (bicyclic) bond motifs is 3. The number of carbonyl (C=O) groups is 1. The van der Waals surface area contributed by atoms with Gasteiger partial charge in [0.05, 0.1) is 28.5 Å². The van der Waals surface area contributed by atoms with Crippen LogP contribution in [0.2, 0.25) is 0 Å². The lowest BCUT2D eigenvalue weighted by molar-refractivity contribution is 0.0674. The highest BCUT2D eigenvalue weighted by Crippen LogP contribution is 2.38. The van der Waals surface area contributed by atoms with Crippen molar-refractivity contribution in [3.63, 3.8) is 0 Å². The van der Waals surface area contributed by atoms with Gasteiger partial charge in [-0.3, -0.25) is 14.5 Å². The van der Waals surface area contributed by atoms with Crippen LogP contribution in [0, 0.1) is 0 Å². The molecule has 164 valence electrons. The second-order valence-corrected chi connectivity index (χ2v) is 8.84. The fourth-order valence-electron chi connectivity index (χ4n) is 5.28. The van der Waals surface area contributed by atoms with Gasteiger partial charge in [-0.05, 0) is 43.7 Å². The summed E-state index contributed by atoms with van der Waals surface area (Å²) in [5, 5.41) is 7.10. The van der Waals surface area contributed by atoms with Crippen molar-refractivity contribution in [2.75, 3.05) is 6.54 Å². The summed E-state index contributed by atoms with van der Waals surface area (Å²) < 4.78 is 4.15. The van der Waals surface area contributed by atoms with Crippen molar-refractivity contribution < 1.29 is 4.79 Å². The third-order valence-corrected chi connectivity index (χ3v) is 6.91. The first kappa shape index (κ1) is 19.7. The Balaban J connectivity index is 1.40. The number of benzene rings is 2. The molecule has 4 heterocycles. The van der Waals surface area contributed by atoms with E-state index >= 15 is 0 Å². The summed E-state index contributed by atoms with van der Waals surface area (Å²) in [6.07, 6.45) is 4.65. The maximum atomic E-state index is 13.5. The lowest BCUT2D eigenvalue weighted by Crippen LogP contribution is -2.38. The number of hydrogen-bond acceptors (Lipinski definition) is 3. The Morgan fingerprint density at radius 2 is 1.88 bits per heavy atom. The van der Waals surface area contributed by atoms with E-state index in [1.54, 1.807) is 6.20 Å². The maximum absolute atomic E-state index is 13.5. The first-order chi connectivity index (χ1) is 16.0. The molecule has 3 aromatic heterocycles. The molecule has 0 saturated carbocycles. The first-order valence-corrected chi connectivity index (χ1v) is 11.3. The predicted octanol–water partition coefficient (Wildman–Crippen LogP) is 4.89. The van der Waals surface area contributed by atoms with E-state index in [1.807, 2.05) is 47.0 Å². The van der Waals surface area contributed by atoms with E-state index in [9.17, 15) is 4.79 Å². The van der Waals surface area contributed by atoms with Crippen molar-refractivity contribution >= 4 is 27.7 Å². The van der Waals surface area contributed by atoms with E-state index in [0.29, 0.717) is 12.1 Å². The van der Waals surface area contributed by atoms with Crippen molar-refractivity contribution in [1.29, 1.82) is 0 Å². The average Bonchev–Trinajstić information content (AvgIpc) is 3.38. The van der Waals surface area contributed by atoms with Gasteiger partial charge < -0.3 is 9.47 Å². The molecule has 6 rings (SSSR count). The fourth-order valence-corrected chi connectivity index (χ4v) is 5.28. The van der Waals surface area contributed by atoms with E-state index in [1.165, 1.54) is 22.0 Å². The highest BCUT2D eigenvalue weighted by Gasteiger charge is 2.33. The number of carbonyl (C=O) groups excluding carboxylic acids is 1. The molecular formula is C27H25N5O. The van der Waals surface area contributed by atoms with Gasteiger partial charge in [0.1, 0.15) is 0 Å². The normalized spacial score (nSPS) is 15.8. The molecule has 1 aliphatic rings. The van der Waals surface area contributed by atoms with Gasteiger partial charge in [0.25, 0.3) is 5.91 Å². The second kappa shape index (κ2) is 7.30. The molecule has 1 aliphatic heterocycles. The molecular weight excluding hydrogens is 410 g/mol. The van der Waals surface area contributed by atoms with E-state index < -0.39 is 0 Å². The summed E-state index contributed by atoms with van der Waals surface area (Å²) in [5.41, 5.74) is 7.35. The Labute approximate surface area is 192 Å². The summed E-state index contributed by atoms with van der Waals surface area (Å²) in [5.74, 6) is 0.0376. The monoisotopic (exact) mass is 435 g/mol. The predicted molar refractivity (Wildman–Crippen MR) is 130 cm³/mol. The van der Waals surface area contributed by atoms with E-state index in [-0.39, 0.29) is 11.9 Å². The number of para-hydroxylation sites is 1. The van der Waals surface area contributed by atoms with Gasteiger partial charge in [0.15, 0.2) is 0 Å². The minimum absolute atomic E-state index is 0.0376. The van der Waals surface area contributed by atoms with Crippen LogP contribution >= 0.6 is 0 Å².